The van der Waals surface area contributed by atoms with E-state index in [0.29, 0.717) is 21.2 Å². The molecule has 0 atom stereocenters. The number of carbonyl (C=O) groups excluding carboxylic acids is 1. The van der Waals surface area contributed by atoms with Crippen molar-refractivity contribution in [3.8, 4) is 0 Å². The summed E-state index contributed by atoms with van der Waals surface area (Å²) in [7, 11) is 1.61. The van der Waals surface area contributed by atoms with Crippen molar-refractivity contribution < 1.29 is 4.79 Å². The number of nitrogens with zero attached hydrogens (tertiary/aromatic N) is 1. The molecule has 0 saturated carbocycles. The maximum atomic E-state index is 12.7. The number of aromatic amines is 1. The first-order valence-electron chi connectivity index (χ1n) is 8.07. The summed E-state index contributed by atoms with van der Waals surface area (Å²) in [6.45, 7) is 0. The summed E-state index contributed by atoms with van der Waals surface area (Å²) in [4.78, 5) is 27.9. The lowest BCUT2D eigenvalue weighted by Crippen LogP contribution is -2.19. The van der Waals surface area contributed by atoms with Crippen LogP contribution in [0.2, 0.25) is 0 Å². The van der Waals surface area contributed by atoms with Gasteiger partial charge in [0.2, 0.25) is 0 Å². The molecule has 4 rings (SSSR count). The second kappa shape index (κ2) is 6.24. The molecule has 3 aromatic carbocycles. The third-order valence-electron chi connectivity index (χ3n) is 4.40. The first-order chi connectivity index (χ1) is 12.5. The van der Waals surface area contributed by atoms with Gasteiger partial charge in [-0.3, -0.25) is 14.2 Å². The van der Waals surface area contributed by atoms with Gasteiger partial charge in [-0.05, 0) is 41.9 Å². The average Bonchev–Trinajstić information content (AvgIpc) is 2.66. The molecule has 26 heavy (non-hydrogen) atoms. The van der Waals surface area contributed by atoms with Crippen molar-refractivity contribution in [2.45, 2.75) is 0 Å². The van der Waals surface area contributed by atoms with Crippen LogP contribution in [0.25, 0.3) is 21.7 Å². The quantitative estimate of drug-likeness (QED) is 0.530. The van der Waals surface area contributed by atoms with Crippen molar-refractivity contribution >= 4 is 45.5 Å². The highest BCUT2D eigenvalue weighted by atomic mass is 32.1. The molecule has 0 unspecified atom stereocenters. The Bertz CT molecular complexity index is 1280. The maximum Gasteiger partial charge on any atom is 0.261 e. The molecule has 0 aliphatic carbocycles. The van der Waals surface area contributed by atoms with Crippen LogP contribution >= 0.6 is 12.2 Å². The molecular weight excluding hydrogens is 346 g/mol. The van der Waals surface area contributed by atoms with Gasteiger partial charge in [0.1, 0.15) is 0 Å². The lowest BCUT2D eigenvalue weighted by atomic mass is 10.1. The number of hydrogen-bond acceptors (Lipinski definition) is 3. The average molecular weight is 361 g/mol. The lowest BCUT2D eigenvalue weighted by molar-refractivity contribution is 0.102. The number of benzene rings is 3. The number of H-pyrrole nitrogens is 1. The van der Waals surface area contributed by atoms with E-state index in [-0.39, 0.29) is 11.5 Å². The molecule has 0 fully saturated rings. The van der Waals surface area contributed by atoms with Gasteiger partial charge >= 0.3 is 0 Å². The molecule has 0 aliphatic rings. The number of rotatable bonds is 2. The Kier molecular flexibility index (Phi) is 3.89. The molecule has 0 aliphatic heterocycles. The number of carbonyl (C=O) groups is 1. The molecule has 0 spiro atoms. The van der Waals surface area contributed by atoms with E-state index in [2.05, 4.69) is 10.3 Å². The van der Waals surface area contributed by atoms with Gasteiger partial charge in [-0.15, -0.1) is 0 Å². The van der Waals surface area contributed by atoms with Crippen molar-refractivity contribution in [3.63, 3.8) is 0 Å². The smallest absolute Gasteiger partial charge is 0.261 e. The Balaban J connectivity index is 1.75. The molecule has 2 N–H and O–H groups in total. The number of anilines is 1. The molecule has 6 heteroatoms. The van der Waals surface area contributed by atoms with E-state index < -0.39 is 0 Å². The van der Waals surface area contributed by atoms with E-state index in [1.807, 2.05) is 42.5 Å². The Morgan fingerprint density at radius 2 is 1.81 bits per heavy atom. The van der Waals surface area contributed by atoms with Crippen LogP contribution in [0.15, 0.2) is 65.5 Å². The standard InChI is InChI=1S/C20H15N3O2S/c1-23-19(25)15-10-9-13(11-17(15)22-20(23)26)18(24)21-16-8-4-6-12-5-2-3-7-14(12)16/h2-11H,1H3,(H,21,24)(H,22,26). The largest absolute Gasteiger partial charge is 0.332 e. The van der Waals surface area contributed by atoms with Gasteiger partial charge in [0.25, 0.3) is 11.5 Å². The monoisotopic (exact) mass is 361 g/mol. The minimum atomic E-state index is -0.247. The van der Waals surface area contributed by atoms with E-state index in [4.69, 9.17) is 12.2 Å². The maximum absolute atomic E-state index is 12.7. The number of nitrogens with one attached hydrogen (secondary N) is 2. The second-order valence-corrected chi connectivity index (χ2v) is 6.42. The fourth-order valence-electron chi connectivity index (χ4n) is 2.98. The zero-order valence-electron chi connectivity index (χ0n) is 13.9. The first kappa shape index (κ1) is 16.2. The molecule has 1 amide bonds. The summed E-state index contributed by atoms with van der Waals surface area (Å²) < 4.78 is 1.68. The summed E-state index contributed by atoms with van der Waals surface area (Å²) in [5, 5.41) is 5.46. The first-order valence-corrected chi connectivity index (χ1v) is 8.47. The van der Waals surface area contributed by atoms with Gasteiger partial charge in [0.15, 0.2) is 4.77 Å². The van der Waals surface area contributed by atoms with Crippen molar-refractivity contribution in [2.24, 2.45) is 7.05 Å². The Morgan fingerprint density at radius 1 is 1.04 bits per heavy atom. The highest BCUT2D eigenvalue weighted by Gasteiger charge is 2.11. The van der Waals surface area contributed by atoms with Crippen molar-refractivity contribution in [1.82, 2.24) is 9.55 Å². The van der Waals surface area contributed by atoms with Crippen LogP contribution in [-0.2, 0) is 7.05 Å². The van der Waals surface area contributed by atoms with Gasteiger partial charge in [-0.25, -0.2) is 0 Å². The summed E-state index contributed by atoms with van der Waals surface area (Å²) in [5.74, 6) is -0.247. The van der Waals surface area contributed by atoms with E-state index in [0.717, 1.165) is 16.5 Å². The van der Waals surface area contributed by atoms with Crippen LogP contribution in [0.5, 0.6) is 0 Å². The van der Waals surface area contributed by atoms with Crippen LogP contribution in [-0.4, -0.2) is 15.5 Å². The van der Waals surface area contributed by atoms with Crippen LogP contribution in [0.1, 0.15) is 10.4 Å². The molecule has 1 heterocycles. The zero-order chi connectivity index (χ0) is 18.3. The predicted molar refractivity (Wildman–Crippen MR) is 106 cm³/mol. The molecule has 0 bridgehead atoms. The zero-order valence-corrected chi connectivity index (χ0v) is 14.8. The minimum Gasteiger partial charge on any atom is -0.332 e. The van der Waals surface area contributed by atoms with Crippen LogP contribution in [0.4, 0.5) is 5.69 Å². The minimum absolute atomic E-state index is 0.190. The third kappa shape index (κ3) is 2.70. The van der Waals surface area contributed by atoms with Gasteiger partial charge in [-0.1, -0.05) is 36.4 Å². The SMILES string of the molecule is Cn1c(=S)[nH]c2cc(C(=O)Nc3cccc4ccccc34)ccc2c1=O. The Hall–Kier alpha value is -3.25. The summed E-state index contributed by atoms with van der Waals surface area (Å²) >= 11 is 5.14. The fourth-order valence-corrected chi connectivity index (χ4v) is 3.17. The fraction of sp³-hybridized carbons (Fsp3) is 0.0500. The van der Waals surface area contributed by atoms with Crippen molar-refractivity contribution in [3.05, 3.63) is 81.4 Å². The second-order valence-electron chi connectivity index (χ2n) is 6.04. The molecule has 4 aromatic rings. The van der Waals surface area contributed by atoms with Gasteiger partial charge in [0.05, 0.1) is 10.9 Å². The normalized spacial score (nSPS) is 11.0. The van der Waals surface area contributed by atoms with Crippen LogP contribution < -0.4 is 10.9 Å². The molecule has 0 saturated heterocycles. The summed E-state index contributed by atoms with van der Waals surface area (Å²) in [6.07, 6.45) is 0. The van der Waals surface area contributed by atoms with Gasteiger partial charge in [0, 0.05) is 23.7 Å². The molecule has 5 nitrogen and oxygen atoms in total. The van der Waals surface area contributed by atoms with Crippen LogP contribution in [0.3, 0.4) is 0 Å². The Labute approximate surface area is 153 Å². The topological polar surface area (TPSA) is 66.9 Å². The van der Waals surface area contributed by atoms with E-state index in [9.17, 15) is 9.59 Å². The van der Waals surface area contributed by atoms with Crippen molar-refractivity contribution in [1.29, 1.82) is 0 Å². The molecule has 128 valence electrons. The van der Waals surface area contributed by atoms with E-state index >= 15 is 0 Å². The highest BCUT2D eigenvalue weighted by molar-refractivity contribution is 7.71. The number of amides is 1. The summed E-state index contributed by atoms with van der Waals surface area (Å²) in [6, 6.07) is 18.5. The number of aromatic nitrogens is 2. The van der Waals surface area contributed by atoms with Gasteiger partial charge < -0.3 is 10.3 Å². The van der Waals surface area contributed by atoms with E-state index in [1.54, 1.807) is 25.2 Å². The predicted octanol–water partition coefficient (Wildman–Crippen LogP) is 4.00. The third-order valence-corrected chi connectivity index (χ3v) is 4.78. The number of fused-ring (bicyclic) bond motifs is 2. The summed E-state index contributed by atoms with van der Waals surface area (Å²) in [5.41, 5.74) is 1.54. The van der Waals surface area contributed by atoms with E-state index in [1.165, 1.54) is 4.57 Å². The lowest BCUT2D eigenvalue weighted by Gasteiger charge is -2.10. The Morgan fingerprint density at radius 3 is 2.65 bits per heavy atom. The van der Waals surface area contributed by atoms with Crippen LogP contribution in [0, 0.1) is 4.77 Å². The highest BCUT2D eigenvalue weighted by Crippen LogP contribution is 2.23. The molecule has 1 aromatic heterocycles. The number of hydrogen-bond donors (Lipinski definition) is 2. The molecular formula is C20H15N3O2S. The van der Waals surface area contributed by atoms with Gasteiger partial charge in [-0.2, -0.15) is 0 Å². The van der Waals surface area contributed by atoms with Crippen molar-refractivity contribution in [2.75, 3.05) is 5.32 Å². The molecule has 0 radical (unpaired) electrons.